The summed E-state index contributed by atoms with van der Waals surface area (Å²) in [4.78, 5) is 8.35. The van der Waals surface area contributed by atoms with Gasteiger partial charge in [-0.15, -0.1) is 0 Å². The molecule has 0 radical (unpaired) electrons. The van der Waals surface area contributed by atoms with E-state index in [-0.39, 0.29) is 0 Å². The number of nitrogens with zero attached hydrogens (tertiary/aromatic N) is 2. The number of aryl methyl sites for hydroxylation is 1. The summed E-state index contributed by atoms with van der Waals surface area (Å²) in [5.41, 5.74) is 1.77. The summed E-state index contributed by atoms with van der Waals surface area (Å²) in [7, 11) is 1.64. The molecule has 0 amide bonds. The smallest absolute Gasteiger partial charge is 0.133 e. The van der Waals surface area contributed by atoms with Crippen LogP contribution in [0.4, 0.5) is 0 Å². The van der Waals surface area contributed by atoms with E-state index in [2.05, 4.69) is 9.97 Å². The van der Waals surface area contributed by atoms with Gasteiger partial charge in [0.25, 0.3) is 0 Å². The number of rotatable bonds is 2. The molecule has 82 valence electrons. The van der Waals surface area contributed by atoms with E-state index in [1.165, 1.54) is 0 Å². The second-order valence-electron chi connectivity index (χ2n) is 3.36. The first-order chi connectivity index (χ1) is 7.69. The van der Waals surface area contributed by atoms with Crippen molar-refractivity contribution in [3.63, 3.8) is 0 Å². The van der Waals surface area contributed by atoms with E-state index in [0.29, 0.717) is 11.0 Å². The second kappa shape index (κ2) is 4.49. The maximum absolute atomic E-state index is 5.89. The fourth-order valence-corrected chi connectivity index (χ4v) is 1.69. The van der Waals surface area contributed by atoms with Crippen LogP contribution in [0.3, 0.4) is 0 Å². The minimum atomic E-state index is 0.449. The minimum Gasteiger partial charge on any atom is -0.497 e. The first kappa shape index (κ1) is 10.9. The van der Waals surface area contributed by atoms with Gasteiger partial charge in [-0.3, -0.25) is 0 Å². The Kier molecular flexibility index (Phi) is 3.06. The molecule has 16 heavy (non-hydrogen) atoms. The van der Waals surface area contributed by atoms with Crippen molar-refractivity contribution in [1.29, 1.82) is 0 Å². The molecular formula is C12H11ClN2O. The van der Waals surface area contributed by atoms with E-state index < -0.39 is 0 Å². The first-order valence-electron chi connectivity index (χ1n) is 4.84. The average molecular weight is 235 g/mol. The van der Waals surface area contributed by atoms with Gasteiger partial charge in [0.2, 0.25) is 0 Å². The summed E-state index contributed by atoms with van der Waals surface area (Å²) in [6.07, 6.45) is 0. The molecule has 1 heterocycles. The molecule has 3 nitrogen and oxygen atoms in total. The van der Waals surface area contributed by atoms with Crippen LogP contribution < -0.4 is 4.74 Å². The molecule has 1 aromatic carbocycles. The Morgan fingerprint density at radius 1 is 1.19 bits per heavy atom. The lowest BCUT2D eigenvalue weighted by Gasteiger charge is -2.05. The highest BCUT2D eigenvalue weighted by atomic mass is 35.5. The van der Waals surface area contributed by atoms with Crippen molar-refractivity contribution in [2.75, 3.05) is 7.11 Å². The molecule has 0 atom stereocenters. The van der Waals surface area contributed by atoms with Gasteiger partial charge in [0.05, 0.1) is 12.8 Å². The number of benzene rings is 1. The summed E-state index contributed by atoms with van der Waals surface area (Å²) in [6, 6.07) is 9.42. The molecule has 2 aromatic rings. The van der Waals surface area contributed by atoms with Crippen molar-refractivity contribution in [3.05, 3.63) is 41.3 Å². The van der Waals surface area contributed by atoms with Gasteiger partial charge in [0.1, 0.15) is 16.7 Å². The van der Waals surface area contributed by atoms with Crippen LogP contribution in [0, 0.1) is 6.92 Å². The maximum atomic E-state index is 5.89. The van der Waals surface area contributed by atoms with Crippen LogP contribution in [0.25, 0.3) is 11.3 Å². The molecule has 2 rings (SSSR count). The van der Waals surface area contributed by atoms with Gasteiger partial charge < -0.3 is 4.74 Å². The third-order valence-electron chi connectivity index (χ3n) is 2.17. The molecule has 4 heteroatoms. The van der Waals surface area contributed by atoms with E-state index in [4.69, 9.17) is 16.3 Å². The lowest BCUT2D eigenvalue weighted by atomic mass is 10.1. The predicted octanol–water partition coefficient (Wildman–Crippen LogP) is 3.11. The van der Waals surface area contributed by atoms with E-state index in [0.717, 1.165) is 17.0 Å². The molecule has 0 saturated carbocycles. The zero-order valence-corrected chi connectivity index (χ0v) is 9.82. The fourth-order valence-electron chi connectivity index (χ4n) is 1.46. The standard InChI is InChI=1S/C12H11ClN2O/c1-8-14-11(7-12(13)15-8)9-4-3-5-10(6-9)16-2/h3-7H,1-2H3. The second-order valence-corrected chi connectivity index (χ2v) is 3.74. The van der Waals surface area contributed by atoms with Gasteiger partial charge in [-0.1, -0.05) is 23.7 Å². The lowest BCUT2D eigenvalue weighted by Crippen LogP contribution is -1.92. The summed E-state index contributed by atoms with van der Waals surface area (Å²) < 4.78 is 5.16. The average Bonchev–Trinajstić information content (AvgIpc) is 2.28. The van der Waals surface area contributed by atoms with Gasteiger partial charge >= 0.3 is 0 Å². The zero-order valence-electron chi connectivity index (χ0n) is 9.07. The number of ether oxygens (including phenoxy) is 1. The highest BCUT2D eigenvalue weighted by Crippen LogP contribution is 2.23. The Morgan fingerprint density at radius 2 is 2.00 bits per heavy atom. The number of halogens is 1. The van der Waals surface area contributed by atoms with E-state index >= 15 is 0 Å². The molecule has 0 unspecified atom stereocenters. The highest BCUT2D eigenvalue weighted by molar-refractivity contribution is 6.29. The highest BCUT2D eigenvalue weighted by Gasteiger charge is 2.04. The number of hydrogen-bond donors (Lipinski definition) is 0. The minimum absolute atomic E-state index is 0.449. The van der Waals surface area contributed by atoms with Gasteiger partial charge in [-0.25, -0.2) is 9.97 Å². The summed E-state index contributed by atoms with van der Waals surface area (Å²) in [6.45, 7) is 1.82. The molecule has 0 spiro atoms. The van der Waals surface area contributed by atoms with Crippen LogP contribution in [0.2, 0.25) is 5.15 Å². The predicted molar refractivity (Wildman–Crippen MR) is 63.8 cm³/mol. The summed E-state index contributed by atoms with van der Waals surface area (Å²) in [5.74, 6) is 1.45. The molecule has 0 N–H and O–H groups in total. The number of hydrogen-bond acceptors (Lipinski definition) is 3. The van der Waals surface area contributed by atoms with Crippen LogP contribution in [0.1, 0.15) is 5.82 Å². The van der Waals surface area contributed by atoms with Crippen LogP contribution in [-0.4, -0.2) is 17.1 Å². The van der Waals surface area contributed by atoms with Crippen LogP contribution in [0.15, 0.2) is 30.3 Å². The third kappa shape index (κ3) is 2.31. The van der Waals surface area contributed by atoms with Gasteiger partial charge in [-0.2, -0.15) is 0 Å². The van der Waals surface area contributed by atoms with Gasteiger partial charge in [0.15, 0.2) is 0 Å². The van der Waals surface area contributed by atoms with Crippen molar-refractivity contribution < 1.29 is 4.74 Å². The van der Waals surface area contributed by atoms with E-state index in [1.54, 1.807) is 13.2 Å². The molecule has 0 saturated heterocycles. The molecule has 0 aliphatic heterocycles. The lowest BCUT2D eigenvalue weighted by molar-refractivity contribution is 0.415. The molecule has 1 aromatic heterocycles. The number of methoxy groups -OCH3 is 1. The molecule has 0 aliphatic carbocycles. The van der Waals surface area contributed by atoms with E-state index in [1.807, 2.05) is 31.2 Å². The van der Waals surface area contributed by atoms with Crippen molar-refractivity contribution in [2.45, 2.75) is 6.92 Å². The Hall–Kier alpha value is -1.61. The Labute approximate surface area is 99.1 Å². The van der Waals surface area contributed by atoms with Crippen LogP contribution >= 0.6 is 11.6 Å². The SMILES string of the molecule is COc1cccc(-c2cc(Cl)nc(C)n2)c1. The van der Waals surface area contributed by atoms with Crippen LogP contribution in [0.5, 0.6) is 5.75 Å². The maximum Gasteiger partial charge on any atom is 0.133 e. The topological polar surface area (TPSA) is 35.0 Å². The largest absolute Gasteiger partial charge is 0.497 e. The van der Waals surface area contributed by atoms with Gasteiger partial charge in [-0.05, 0) is 19.1 Å². The summed E-state index contributed by atoms with van der Waals surface area (Å²) in [5, 5.41) is 0.449. The first-order valence-corrected chi connectivity index (χ1v) is 5.22. The van der Waals surface area contributed by atoms with Crippen molar-refractivity contribution >= 4 is 11.6 Å². The van der Waals surface area contributed by atoms with E-state index in [9.17, 15) is 0 Å². The zero-order chi connectivity index (χ0) is 11.5. The fraction of sp³-hybridized carbons (Fsp3) is 0.167. The third-order valence-corrected chi connectivity index (χ3v) is 2.37. The normalized spacial score (nSPS) is 10.2. The van der Waals surface area contributed by atoms with Crippen LogP contribution in [-0.2, 0) is 0 Å². The Balaban J connectivity index is 2.49. The molecule has 0 aliphatic rings. The Morgan fingerprint density at radius 3 is 2.69 bits per heavy atom. The molecule has 0 fully saturated rings. The summed E-state index contributed by atoms with van der Waals surface area (Å²) >= 11 is 5.89. The van der Waals surface area contributed by atoms with Crippen molar-refractivity contribution in [3.8, 4) is 17.0 Å². The molecule has 0 bridgehead atoms. The van der Waals surface area contributed by atoms with Gasteiger partial charge in [0, 0.05) is 11.6 Å². The monoisotopic (exact) mass is 234 g/mol. The van der Waals surface area contributed by atoms with Crippen molar-refractivity contribution in [1.82, 2.24) is 9.97 Å². The molecular weight excluding hydrogens is 224 g/mol. The Bertz CT molecular complexity index is 494. The number of aromatic nitrogens is 2. The van der Waals surface area contributed by atoms with Crippen molar-refractivity contribution in [2.24, 2.45) is 0 Å². The quantitative estimate of drug-likeness (QED) is 0.749.